The van der Waals surface area contributed by atoms with E-state index in [2.05, 4.69) is 29.1 Å². The summed E-state index contributed by atoms with van der Waals surface area (Å²) in [6.45, 7) is 6.61. The van der Waals surface area contributed by atoms with Crippen molar-refractivity contribution in [2.45, 2.75) is 32.7 Å². The van der Waals surface area contributed by atoms with Crippen LogP contribution in [0.25, 0.3) is 11.1 Å². The molecule has 0 saturated carbocycles. The lowest BCUT2D eigenvalue weighted by atomic mass is 9.93. The Hall–Kier alpha value is -2.67. The molecule has 0 saturated heterocycles. The van der Waals surface area contributed by atoms with E-state index in [1.165, 1.54) is 6.20 Å². The van der Waals surface area contributed by atoms with Gasteiger partial charge >= 0.3 is 6.09 Å². The summed E-state index contributed by atoms with van der Waals surface area (Å²) in [5.41, 5.74) is 7.46. The third kappa shape index (κ3) is 6.04. The number of anilines is 1. The molecule has 0 aliphatic rings. The van der Waals surface area contributed by atoms with Crippen molar-refractivity contribution in [1.29, 1.82) is 0 Å². The summed E-state index contributed by atoms with van der Waals surface area (Å²) in [4.78, 5) is 18.9. The van der Waals surface area contributed by atoms with Gasteiger partial charge in [-0.25, -0.2) is 14.8 Å². The number of carbonyl (C=O) groups is 1. The van der Waals surface area contributed by atoms with E-state index < -0.39 is 11.6 Å². The largest absolute Gasteiger partial charge is 0.476 e. The van der Waals surface area contributed by atoms with Crippen molar-refractivity contribution in [2.24, 2.45) is 11.7 Å². The second kappa shape index (κ2) is 7.94. The molecule has 0 fully saturated rings. The standard InChI is InChI=1S/C18H24N4O3/c1-12(2)9-18(3,19)11-25-16-5-4-14(10-21-16)13-6-7-20-15(8-13)22-17(23)24/h4-8,10,12H,9,11,19H2,1-3H3,(H,20,22)(H,23,24). The minimum Gasteiger partial charge on any atom is -0.476 e. The molecular weight excluding hydrogens is 320 g/mol. The summed E-state index contributed by atoms with van der Waals surface area (Å²) < 4.78 is 5.70. The maximum absolute atomic E-state index is 10.7. The average Bonchev–Trinajstić information content (AvgIpc) is 2.52. The molecule has 0 radical (unpaired) electrons. The number of ether oxygens (including phenoxy) is 1. The van der Waals surface area contributed by atoms with Crippen LogP contribution in [0.2, 0.25) is 0 Å². The zero-order chi connectivity index (χ0) is 18.4. The zero-order valence-corrected chi connectivity index (χ0v) is 14.7. The van der Waals surface area contributed by atoms with Crippen LogP contribution in [-0.4, -0.2) is 33.3 Å². The first kappa shape index (κ1) is 18.7. The van der Waals surface area contributed by atoms with Gasteiger partial charge in [-0.15, -0.1) is 0 Å². The number of rotatable bonds is 7. The number of nitrogens with two attached hydrogens (primary N) is 1. The summed E-state index contributed by atoms with van der Waals surface area (Å²) in [6.07, 6.45) is 2.92. The van der Waals surface area contributed by atoms with E-state index >= 15 is 0 Å². The molecule has 7 heteroatoms. The molecule has 7 nitrogen and oxygen atoms in total. The number of nitrogens with zero attached hydrogens (tertiary/aromatic N) is 2. The summed E-state index contributed by atoms with van der Waals surface area (Å²) in [6, 6.07) is 7.06. The highest BCUT2D eigenvalue weighted by Gasteiger charge is 2.21. The van der Waals surface area contributed by atoms with Crippen LogP contribution in [0.15, 0.2) is 36.7 Å². The Morgan fingerprint density at radius 1 is 1.32 bits per heavy atom. The first-order valence-corrected chi connectivity index (χ1v) is 8.09. The molecule has 4 N–H and O–H groups in total. The number of pyridine rings is 2. The number of hydrogen-bond donors (Lipinski definition) is 3. The molecule has 2 heterocycles. The topological polar surface area (TPSA) is 110 Å². The quantitative estimate of drug-likeness (QED) is 0.710. The zero-order valence-electron chi connectivity index (χ0n) is 14.7. The van der Waals surface area contributed by atoms with Gasteiger partial charge in [0, 0.05) is 29.6 Å². The summed E-state index contributed by atoms with van der Waals surface area (Å²) in [7, 11) is 0. The lowest BCUT2D eigenvalue weighted by Crippen LogP contribution is -2.43. The van der Waals surface area contributed by atoms with E-state index in [1.54, 1.807) is 24.4 Å². The highest BCUT2D eigenvalue weighted by atomic mass is 16.5. The van der Waals surface area contributed by atoms with Gasteiger partial charge < -0.3 is 15.6 Å². The van der Waals surface area contributed by atoms with Gasteiger partial charge in [-0.05, 0) is 43.0 Å². The van der Waals surface area contributed by atoms with Gasteiger partial charge in [0.15, 0.2) is 0 Å². The normalized spacial score (nSPS) is 13.3. The molecule has 1 amide bonds. The number of amides is 1. The molecule has 0 bridgehead atoms. The highest BCUT2D eigenvalue weighted by Crippen LogP contribution is 2.23. The maximum Gasteiger partial charge on any atom is 0.410 e. The highest BCUT2D eigenvalue weighted by molar-refractivity contribution is 5.82. The van der Waals surface area contributed by atoms with Crippen molar-refractivity contribution in [2.75, 3.05) is 11.9 Å². The second-order valence-corrected chi connectivity index (χ2v) is 6.79. The Kier molecular flexibility index (Phi) is 5.93. The molecule has 1 unspecified atom stereocenters. The summed E-state index contributed by atoms with van der Waals surface area (Å²) in [5, 5.41) is 11.0. The number of aromatic nitrogens is 2. The van der Waals surface area contributed by atoms with Crippen molar-refractivity contribution in [3.05, 3.63) is 36.7 Å². The van der Waals surface area contributed by atoms with Crippen molar-refractivity contribution in [1.82, 2.24) is 9.97 Å². The number of hydrogen-bond acceptors (Lipinski definition) is 5. The minimum absolute atomic E-state index is 0.262. The lowest BCUT2D eigenvalue weighted by Gasteiger charge is -2.26. The fourth-order valence-electron chi connectivity index (χ4n) is 2.65. The van der Waals surface area contributed by atoms with Crippen LogP contribution < -0.4 is 15.8 Å². The molecule has 1 atom stereocenters. The van der Waals surface area contributed by atoms with Gasteiger partial charge in [-0.2, -0.15) is 0 Å². The van der Waals surface area contributed by atoms with E-state index in [-0.39, 0.29) is 5.82 Å². The monoisotopic (exact) mass is 344 g/mol. The van der Waals surface area contributed by atoms with Gasteiger partial charge in [0.2, 0.25) is 5.88 Å². The van der Waals surface area contributed by atoms with Crippen molar-refractivity contribution in [3.63, 3.8) is 0 Å². The second-order valence-electron chi connectivity index (χ2n) is 6.79. The van der Waals surface area contributed by atoms with Crippen molar-refractivity contribution >= 4 is 11.9 Å². The minimum atomic E-state index is -1.15. The van der Waals surface area contributed by atoms with Crippen LogP contribution in [0.5, 0.6) is 5.88 Å². The fraction of sp³-hybridized carbons (Fsp3) is 0.389. The third-order valence-electron chi connectivity index (χ3n) is 3.49. The molecule has 2 rings (SSSR count). The van der Waals surface area contributed by atoms with Gasteiger partial charge in [-0.3, -0.25) is 5.32 Å². The van der Waals surface area contributed by atoms with Gasteiger partial charge in [-0.1, -0.05) is 13.8 Å². The fourth-order valence-corrected chi connectivity index (χ4v) is 2.65. The van der Waals surface area contributed by atoms with Crippen LogP contribution in [0.3, 0.4) is 0 Å². The number of nitrogens with one attached hydrogen (secondary N) is 1. The molecule has 134 valence electrons. The molecule has 0 aliphatic carbocycles. The first-order valence-electron chi connectivity index (χ1n) is 8.09. The maximum atomic E-state index is 10.7. The Labute approximate surface area is 147 Å². The van der Waals surface area contributed by atoms with Crippen LogP contribution in [0.1, 0.15) is 27.2 Å². The Bertz CT molecular complexity index is 715. The smallest absolute Gasteiger partial charge is 0.410 e. The lowest BCUT2D eigenvalue weighted by molar-refractivity contribution is 0.200. The van der Waals surface area contributed by atoms with Crippen molar-refractivity contribution in [3.8, 4) is 17.0 Å². The van der Waals surface area contributed by atoms with E-state index in [9.17, 15) is 4.79 Å². The molecule has 25 heavy (non-hydrogen) atoms. The van der Waals surface area contributed by atoms with Gasteiger partial charge in [0.25, 0.3) is 0 Å². The molecule has 0 aliphatic heterocycles. The Balaban J connectivity index is 2.03. The van der Waals surface area contributed by atoms with Gasteiger partial charge in [0.1, 0.15) is 12.4 Å². The molecule has 0 aromatic carbocycles. The summed E-state index contributed by atoms with van der Waals surface area (Å²) >= 11 is 0. The number of carboxylic acid groups (broad SMARTS) is 1. The van der Waals surface area contributed by atoms with Crippen LogP contribution in [-0.2, 0) is 0 Å². The predicted molar refractivity (Wildman–Crippen MR) is 96.7 cm³/mol. The van der Waals surface area contributed by atoms with Gasteiger partial charge in [0.05, 0.1) is 0 Å². The Morgan fingerprint density at radius 3 is 2.68 bits per heavy atom. The van der Waals surface area contributed by atoms with E-state index in [0.717, 1.165) is 17.5 Å². The average molecular weight is 344 g/mol. The molecular formula is C18H24N4O3. The van der Waals surface area contributed by atoms with E-state index in [1.807, 2.05) is 13.0 Å². The van der Waals surface area contributed by atoms with E-state index in [0.29, 0.717) is 18.4 Å². The van der Waals surface area contributed by atoms with Crippen LogP contribution >= 0.6 is 0 Å². The summed E-state index contributed by atoms with van der Waals surface area (Å²) in [5.74, 6) is 1.26. The van der Waals surface area contributed by atoms with Crippen LogP contribution in [0, 0.1) is 5.92 Å². The van der Waals surface area contributed by atoms with Crippen molar-refractivity contribution < 1.29 is 14.6 Å². The third-order valence-corrected chi connectivity index (χ3v) is 3.49. The van der Waals surface area contributed by atoms with E-state index in [4.69, 9.17) is 15.6 Å². The molecule has 2 aromatic heterocycles. The SMILES string of the molecule is CC(C)CC(C)(N)COc1ccc(-c2ccnc(NC(=O)O)c2)cn1. The molecule has 2 aromatic rings. The molecule has 0 spiro atoms. The predicted octanol–water partition coefficient (Wildman–Crippen LogP) is 3.38. The Morgan fingerprint density at radius 2 is 2.08 bits per heavy atom. The van der Waals surface area contributed by atoms with Crippen LogP contribution in [0.4, 0.5) is 10.6 Å². The first-order chi connectivity index (χ1) is 11.7.